The van der Waals surface area contributed by atoms with Gasteiger partial charge in [-0.25, -0.2) is 0 Å². The summed E-state index contributed by atoms with van der Waals surface area (Å²) in [5, 5.41) is 3.13. The van der Waals surface area contributed by atoms with E-state index >= 15 is 0 Å². The van der Waals surface area contributed by atoms with Crippen LogP contribution in [0.2, 0.25) is 0 Å². The minimum Gasteiger partial charge on any atom is -0.387 e. The van der Waals surface area contributed by atoms with Gasteiger partial charge in [0.1, 0.15) is 0 Å². The number of anilines is 1. The Morgan fingerprint density at radius 1 is 1.06 bits per heavy atom. The van der Waals surface area contributed by atoms with E-state index in [1.807, 2.05) is 14.0 Å². The molecular weight excluding hydrogens is 198 g/mol. The molecule has 1 N–H and O–H groups in total. The summed E-state index contributed by atoms with van der Waals surface area (Å²) in [6.45, 7) is 10.6. The third-order valence-electron chi connectivity index (χ3n) is 3.36. The number of carbonyl (C=O) groups is 1. The van der Waals surface area contributed by atoms with Gasteiger partial charge in [0, 0.05) is 18.3 Å². The van der Waals surface area contributed by atoms with Crippen LogP contribution in [0, 0.1) is 20.8 Å². The lowest BCUT2D eigenvalue weighted by Gasteiger charge is -2.21. The van der Waals surface area contributed by atoms with Gasteiger partial charge in [-0.05, 0) is 48.9 Å². The maximum absolute atomic E-state index is 11.2. The molecule has 1 aromatic rings. The lowest BCUT2D eigenvalue weighted by molar-refractivity contribution is 0.112. The molecule has 0 spiro atoms. The Labute approximate surface area is 98.1 Å². The molecule has 1 rings (SSSR count). The molecule has 0 aromatic heterocycles. The third kappa shape index (κ3) is 1.84. The molecule has 0 fully saturated rings. The zero-order chi connectivity index (χ0) is 12.5. The summed E-state index contributed by atoms with van der Waals surface area (Å²) in [7, 11) is 1.86. The Kier molecular flexibility index (Phi) is 3.74. The second-order valence-electron chi connectivity index (χ2n) is 4.60. The van der Waals surface area contributed by atoms with E-state index in [2.05, 4.69) is 33.0 Å². The largest absolute Gasteiger partial charge is 0.387 e. The van der Waals surface area contributed by atoms with Crippen LogP contribution in [0.1, 0.15) is 52.4 Å². The highest BCUT2D eigenvalue weighted by molar-refractivity contribution is 5.89. The highest BCUT2D eigenvalue weighted by atomic mass is 16.1. The van der Waals surface area contributed by atoms with Gasteiger partial charge in [0.2, 0.25) is 0 Å². The van der Waals surface area contributed by atoms with Gasteiger partial charge in [0.25, 0.3) is 0 Å². The first-order chi connectivity index (χ1) is 7.45. The van der Waals surface area contributed by atoms with Gasteiger partial charge >= 0.3 is 0 Å². The fraction of sp³-hybridized carbons (Fsp3) is 0.500. The quantitative estimate of drug-likeness (QED) is 0.787. The van der Waals surface area contributed by atoms with Crippen molar-refractivity contribution in [2.75, 3.05) is 12.4 Å². The molecule has 0 unspecified atom stereocenters. The van der Waals surface area contributed by atoms with Crippen LogP contribution in [-0.4, -0.2) is 13.3 Å². The van der Waals surface area contributed by atoms with E-state index in [4.69, 9.17) is 0 Å². The van der Waals surface area contributed by atoms with E-state index in [-0.39, 0.29) is 0 Å². The van der Waals surface area contributed by atoms with Gasteiger partial charge in [-0.2, -0.15) is 0 Å². The predicted molar refractivity (Wildman–Crippen MR) is 69.7 cm³/mol. The number of rotatable bonds is 3. The topological polar surface area (TPSA) is 29.1 Å². The molecule has 16 heavy (non-hydrogen) atoms. The zero-order valence-corrected chi connectivity index (χ0v) is 11.1. The van der Waals surface area contributed by atoms with Crippen LogP contribution >= 0.6 is 0 Å². The summed E-state index contributed by atoms with van der Waals surface area (Å²) in [6.07, 6.45) is 0.958. The predicted octanol–water partition coefficient (Wildman–Crippen LogP) is 3.59. The lowest BCUT2D eigenvalue weighted by atomic mass is 9.86. The van der Waals surface area contributed by atoms with Gasteiger partial charge in [-0.3, -0.25) is 4.79 Å². The van der Waals surface area contributed by atoms with Gasteiger partial charge < -0.3 is 5.32 Å². The molecule has 2 nitrogen and oxygen atoms in total. The molecule has 88 valence electrons. The first-order valence-corrected chi connectivity index (χ1v) is 5.72. The van der Waals surface area contributed by atoms with Crippen LogP contribution in [0.5, 0.6) is 0 Å². The Morgan fingerprint density at radius 3 is 2.00 bits per heavy atom. The maximum atomic E-state index is 11.2. The first kappa shape index (κ1) is 12.8. The molecule has 0 aliphatic rings. The minimum atomic E-state index is 0.448. The number of hydrogen-bond donors (Lipinski definition) is 1. The van der Waals surface area contributed by atoms with E-state index in [1.165, 1.54) is 16.7 Å². The number of carbonyl (C=O) groups excluding carboxylic acids is 1. The highest BCUT2D eigenvalue weighted by Crippen LogP contribution is 2.33. The van der Waals surface area contributed by atoms with Gasteiger partial charge in [-0.15, -0.1) is 0 Å². The molecule has 1 aromatic carbocycles. The second-order valence-corrected chi connectivity index (χ2v) is 4.60. The Morgan fingerprint density at radius 2 is 1.62 bits per heavy atom. The fourth-order valence-corrected chi connectivity index (χ4v) is 2.54. The van der Waals surface area contributed by atoms with Gasteiger partial charge in [-0.1, -0.05) is 13.8 Å². The van der Waals surface area contributed by atoms with E-state index in [1.54, 1.807) is 0 Å². The first-order valence-electron chi connectivity index (χ1n) is 5.72. The van der Waals surface area contributed by atoms with Crippen molar-refractivity contribution in [1.29, 1.82) is 0 Å². The normalized spacial score (nSPS) is 10.7. The van der Waals surface area contributed by atoms with Gasteiger partial charge in [0.15, 0.2) is 6.29 Å². The molecule has 0 bridgehead atoms. The van der Waals surface area contributed by atoms with Crippen molar-refractivity contribution in [1.82, 2.24) is 0 Å². The van der Waals surface area contributed by atoms with Crippen LogP contribution in [0.4, 0.5) is 5.69 Å². The van der Waals surface area contributed by atoms with Crippen molar-refractivity contribution >= 4 is 12.0 Å². The van der Waals surface area contributed by atoms with Crippen LogP contribution in [-0.2, 0) is 0 Å². The summed E-state index contributed by atoms with van der Waals surface area (Å²) in [5.74, 6) is 0.448. The molecule has 0 aliphatic carbocycles. The van der Waals surface area contributed by atoms with Crippen LogP contribution in [0.15, 0.2) is 0 Å². The lowest BCUT2D eigenvalue weighted by Crippen LogP contribution is -2.08. The van der Waals surface area contributed by atoms with Crippen LogP contribution in [0.25, 0.3) is 0 Å². The smallest absolute Gasteiger partial charge is 0.152 e. The molecular formula is C14H21NO. The third-order valence-corrected chi connectivity index (χ3v) is 3.36. The Balaban J connectivity index is 3.69. The molecule has 0 heterocycles. The molecule has 0 aliphatic heterocycles. The molecule has 0 atom stereocenters. The SMILES string of the molecule is CNc1c(C)c(C)c(C(C)C)c(C)c1C=O. The molecule has 0 amide bonds. The molecule has 0 radical (unpaired) electrons. The highest BCUT2D eigenvalue weighted by Gasteiger charge is 2.17. The van der Waals surface area contributed by atoms with Crippen LogP contribution < -0.4 is 5.32 Å². The zero-order valence-electron chi connectivity index (χ0n) is 11.1. The Hall–Kier alpha value is -1.31. The summed E-state index contributed by atoms with van der Waals surface area (Å²) in [6, 6.07) is 0. The average molecular weight is 219 g/mol. The number of hydrogen-bond acceptors (Lipinski definition) is 2. The number of benzene rings is 1. The summed E-state index contributed by atoms with van der Waals surface area (Å²) >= 11 is 0. The van der Waals surface area contributed by atoms with E-state index in [0.717, 1.165) is 23.1 Å². The standard InChI is InChI=1S/C14H21NO/c1-8(2)13-9(3)10(4)14(15-6)12(7-16)11(13)5/h7-8,15H,1-6H3. The summed E-state index contributed by atoms with van der Waals surface area (Å²) < 4.78 is 0. The summed E-state index contributed by atoms with van der Waals surface area (Å²) in [4.78, 5) is 11.2. The number of nitrogens with one attached hydrogen (secondary N) is 1. The number of aldehydes is 1. The second kappa shape index (κ2) is 4.69. The monoisotopic (exact) mass is 219 g/mol. The van der Waals surface area contributed by atoms with E-state index in [0.29, 0.717) is 5.92 Å². The van der Waals surface area contributed by atoms with Crippen molar-refractivity contribution in [2.45, 2.75) is 40.5 Å². The molecule has 2 heteroatoms. The van der Waals surface area contributed by atoms with E-state index < -0.39 is 0 Å². The van der Waals surface area contributed by atoms with Crippen molar-refractivity contribution in [3.8, 4) is 0 Å². The van der Waals surface area contributed by atoms with Crippen LogP contribution in [0.3, 0.4) is 0 Å². The van der Waals surface area contributed by atoms with Crippen molar-refractivity contribution in [2.24, 2.45) is 0 Å². The van der Waals surface area contributed by atoms with Crippen molar-refractivity contribution in [3.63, 3.8) is 0 Å². The molecule has 0 saturated heterocycles. The summed E-state index contributed by atoms with van der Waals surface area (Å²) in [5.41, 5.74) is 6.65. The Bertz CT molecular complexity index is 419. The van der Waals surface area contributed by atoms with Crippen molar-refractivity contribution in [3.05, 3.63) is 27.8 Å². The minimum absolute atomic E-state index is 0.448. The average Bonchev–Trinajstić information content (AvgIpc) is 2.22. The molecule has 0 saturated carbocycles. The van der Waals surface area contributed by atoms with Crippen molar-refractivity contribution < 1.29 is 4.79 Å². The van der Waals surface area contributed by atoms with Gasteiger partial charge in [0.05, 0.1) is 0 Å². The fourth-order valence-electron chi connectivity index (χ4n) is 2.54. The maximum Gasteiger partial charge on any atom is 0.152 e. The van der Waals surface area contributed by atoms with E-state index in [9.17, 15) is 4.79 Å².